The van der Waals surface area contributed by atoms with Crippen LogP contribution in [0.25, 0.3) is 0 Å². The summed E-state index contributed by atoms with van der Waals surface area (Å²) in [6.45, 7) is 1.95. The largest absolute Gasteiger partial charge is 0.484 e. The molecule has 20 heavy (non-hydrogen) atoms. The highest BCUT2D eigenvalue weighted by molar-refractivity contribution is 7.16. The summed E-state index contributed by atoms with van der Waals surface area (Å²) in [7, 11) is 0. The molecule has 0 aliphatic heterocycles. The van der Waals surface area contributed by atoms with Crippen LogP contribution in [0.2, 0.25) is 4.34 Å². The molecule has 4 nitrogen and oxygen atoms in total. The van der Waals surface area contributed by atoms with Crippen molar-refractivity contribution in [1.82, 2.24) is 0 Å². The third-order valence-electron chi connectivity index (χ3n) is 2.64. The molecule has 2 aromatic rings. The maximum Gasteiger partial charge on any atom is 0.255 e. The van der Waals surface area contributed by atoms with Crippen molar-refractivity contribution in [2.45, 2.75) is 13.0 Å². The summed E-state index contributed by atoms with van der Waals surface area (Å²) in [5, 5.41) is 3.37. The Kier molecular flexibility index (Phi) is 4.87. The molecule has 0 bridgehead atoms. The Morgan fingerprint density at radius 3 is 2.60 bits per heavy atom. The molecule has 1 aromatic carbocycles. The van der Waals surface area contributed by atoms with E-state index in [0.717, 1.165) is 10.0 Å². The predicted octanol–water partition coefficient (Wildman–Crippen LogP) is 3.44. The van der Waals surface area contributed by atoms with Gasteiger partial charge in [0, 0.05) is 10.6 Å². The first-order valence-electron chi connectivity index (χ1n) is 6.07. The second-order valence-electron chi connectivity index (χ2n) is 4.29. The quantitative estimate of drug-likeness (QED) is 0.859. The molecule has 0 saturated carbocycles. The lowest BCUT2D eigenvalue weighted by atomic mass is 10.2. The second-order valence-corrected chi connectivity index (χ2v) is 6.03. The fraction of sp³-hybridized carbons (Fsp3) is 0.214. The summed E-state index contributed by atoms with van der Waals surface area (Å²) in [5.74, 6) is 0.122. The Hall–Kier alpha value is -1.72. The normalized spacial score (nSPS) is 11.9. The van der Waals surface area contributed by atoms with Gasteiger partial charge in [0.25, 0.3) is 5.91 Å². The van der Waals surface area contributed by atoms with Gasteiger partial charge < -0.3 is 15.8 Å². The van der Waals surface area contributed by atoms with Gasteiger partial charge in [-0.05, 0) is 43.3 Å². The van der Waals surface area contributed by atoms with Crippen molar-refractivity contribution in [3.63, 3.8) is 0 Å². The van der Waals surface area contributed by atoms with Crippen LogP contribution < -0.4 is 15.8 Å². The number of thiophene rings is 1. The summed E-state index contributed by atoms with van der Waals surface area (Å²) in [6.07, 6.45) is 0. The Morgan fingerprint density at radius 1 is 1.35 bits per heavy atom. The van der Waals surface area contributed by atoms with Crippen molar-refractivity contribution in [2.24, 2.45) is 5.73 Å². The molecule has 0 spiro atoms. The molecular formula is C14H15ClN2O2S. The van der Waals surface area contributed by atoms with Gasteiger partial charge in [-0.3, -0.25) is 4.79 Å². The fourth-order valence-corrected chi connectivity index (χ4v) is 2.75. The molecule has 1 atom stereocenters. The van der Waals surface area contributed by atoms with Gasteiger partial charge in [-0.1, -0.05) is 11.6 Å². The minimum Gasteiger partial charge on any atom is -0.484 e. The number of halogens is 1. The SMILES string of the molecule is CC(Nc1ccc(OCC(N)=O)cc1)c1ccc(Cl)s1. The second kappa shape index (κ2) is 6.63. The predicted molar refractivity (Wildman–Crippen MR) is 82.5 cm³/mol. The highest BCUT2D eigenvalue weighted by atomic mass is 35.5. The van der Waals surface area contributed by atoms with E-state index in [2.05, 4.69) is 12.2 Å². The molecule has 0 saturated heterocycles. The number of nitrogens with one attached hydrogen (secondary N) is 1. The average molecular weight is 311 g/mol. The first-order chi connectivity index (χ1) is 9.54. The molecule has 106 valence electrons. The van der Waals surface area contributed by atoms with Crippen LogP contribution in [0, 0.1) is 0 Å². The third-order valence-corrected chi connectivity index (χ3v) is 4.05. The van der Waals surface area contributed by atoms with Crippen LogP contribution in [0.3, 0.4) is 0 Å². The number of benzene rings is 1. The molecule has 0 fully saturated rings. The van der Waals surface area contributed by atoms with Crippen molar-refractivity contribution in [2.75, 3.05) is 11.9 Å². The Balaban J connectivity index is 1.94. The van der Waals surface area contributed by atoms with Gasteiger partial charge in [0.15, 0.2) is 6.61 Å². The first kappa shape index (κ1) is 14.7. The van der Waals surface area contributed by atoms with Crippen molar-refractivity contribution in [3.05, 3.63) is 45.6 Å². The van der Waals surface area contributed by atoms with E-state index in [-0.39, 0.29) is 12.6 Å². The molecule has 2 rings (SSSR count). The number of ether oxygens (including phenoxy) is 1. The number of anilines is 1. The van der Waals surface area contributed by atoms with Crippen LogP contribution in [-0.2, 0) is 4.79 Å². The molecule has 1 unspecified atom stereocenters. The third kappa shape index (κ3) is 4.15. The number of hydrogen-bond donors (Lipinski definition) is 2. The number of rotatable bonds is 6. The summed E-state index contributed by atoms with van der Waals surface area (Å²) in [6, 6.07) is 11.4. The molecule has 0 radical (unpaired) electrons. The smallest absolute Gasteiger partial charge is 0.255 e. The zero-order chi connectivity index (χ0) is 14.5. The molecular weight excluding hydrogens is 296 g/mol. The van der Waals surface area contributed by atoms with E-state index in [1.807, 2.05) is 24.3 Å². The van der Waals surface area contributed by atoms with E-state index in [9.17, 15) is 4.79 Å². The Morgan fingerprint density at radius 2 is 2.05 bits per heavy atom. The van der Waals surface area contributed by atoms with E-state index in [1.54, 1.807) is 23.5 Å². The molecule has 6 heteroatoms. The Bertz CT molecular complexity index is 583. The van der Waals surface area contributed by atoms with E-state index >= 15 is 0 Å². The van der Waals surface area contributed by atoms with E-state index in [1.165, 1.54) is 4.88 Å². The fourth-order valence-electron chi connectivity index (χ4n) is 1.68. The lowest BCUT2D eigenvalue weighted by Crippen LogP contribution is -2.19. The highest BCUT2D eigenvalue weighted by Gasteiger charge is 2.08. The van der Waals surface area contributed by atoms with Crippen LogP contribution in [0.15, 0.2) is 36.4 Å². The molecule has 1 amide bonds. The minimum atomic E-state index is -0.490. The molecule has 1 aromatic heterocycles. The number of amides is 1. The molecule has 1 heterocycles. The van der Waals surface area contributed by atoms with Crippen LogP contribution in [0.5, 0.6) is 5.75 Å². The lowest BCUT2D eigenvalue weighted by Gasteiger charge is -2.14. The number of carbonyl (C=O) groups is 1. The van der Waals surface area contributed by atoms with Crippen LogP contribution >= 0.6 is 22.9 Å². The zero-order valence-corrected chi connectivity index (χ0v) is 12.5. The number of primary amides is 1. The average Bonchev–Trinajstić information content (AvgIpc) is 2.85. The van der Waals surface area contributed by atoms with Gasteiger partial charge in [0.1, 0.15) is 5.75 Å². The highest BCUT2D eigenvalue weighted by Crippen LogP contribution is 2.29. The van der Waals surface area contributed by atoms with Crippen LogP contribution in [0.4, 0.5) is 5.69 Å². The molecule has 0 aliphatic carbocycles. The van der Waals surface area contributed by atoms with Gasteiger partial charge in [-0.25, -0.2) is 0 Å². The van der Waals surface area contributed by atoms with E-state index in [4.69, 9.17) is 22.1 Å². The molecule has 0 aliphatic rings. The molecule has 3 N–H and O–H groups in total. The number of carbonyl (C=O) groups excluding carboxylic acids is 1. The summed E-state index contributed by atoms with van der Waals surface area (Å²) < 4.78 is 5.98. The van der Waals surface area contributed by atoms with Crippen molar-refractivity contribution < 1.29 is 9.53 Å². The number of nitrogens with two attached hydrogens (primary N) is 1. The van der Waals surface area contributed by atoms with Crippen molar-refractivity contribution >= 4 is 34.5 Å². The summed E-state index contributed by atoms with van der Waals surface area (Å²) in [4.78, 5) is 11.8. The van der Waals surface area contributed by atoms with E-state index in [0.29, 0.717) is 5.75 Å². The van der Waals surface area contributed by atoms with Crippen molar-refractivity contribution in [1.29, 1.82) is 0 Å². The first-order valence-corrected chi connectivity index (χ1v) is 7.27. The van der Waals surface area contributed by atoms with Gasteiger partial charge >= 0.3 is 0 Å². The van der Waals surface area contributed by atoms with Crippen molar-refractivity contribution in [3.8, 4) is 5.75 Å². The lowest BCUT2D eigenvalue weighted by molar-refractivity contribution is -0.119. The zero-order valence-electron chi connectivity index (χ0n) is 10.9. The maximum absolute atomic E-state index is 10.6. The summed E-state index contributed by atoms with van der Waals surface area (Å²) >= 11 is 7.48. The van der Waals surface area contributed by atoms with Crippen LogP contribution in [0.1, 0.15) is 17.8 Å². The standard InChI is InChI=1S/C14H15ClN2O2S/c1-9(12-6-7-13(15)20-12)17-10-2-4-11(5-3-10)19-8-14(16)18/h2-7,9,17H,8H2,1H3,(H2,16,18). The van der Waals surface area contributed by atoms with Gasteiger partial charge in [-0.2, -0.15) is 0 Å². The monoisotopic (exact) mass is 310 g/mol. The van der Waals surface area contributed by atoms with Crippen LogP contribution in [-0.4, -0.2) is 12.5 Å². The maximum atomic E-state index is 10.6. The van der Waals surface area contributed by atoms with E-state index < -0.39 is 5.91 Å². The minimum absolute atomic E-state index is 0.114. The summed E-state index contributed by atoms with van der Waals surface area (Å²) in [5.41, 5.74) is 5.98. The topological polar surface area (TPSA) is 64.3 Å². The van der Waals surface area contributed by atoms with Gasteiger partial charge in [0.05, 0.1) is 10.4 Å². The Labute approximate surface area is 126 Å². The number of hydrogen-bond acceptors (Lipinski definition) is 4. The van der Waals surface area contributed by atoms with Gasteiger partial charge in [0.2, 0.25) is 0 Å². The van der Waals surface area contributed by atoms with Gasteiger partial charge in [-0.15, -0.1) is 11.3 Å².